The predicted octanol–water partition coefficient (Wildman–Crippen LogP) is 2.19. The van der Waals surface area contributed by atoms with Crippen LogP contribution in [0, 0.1) is 0 Å². The van der Waals surface area contributed by atoms with Crippen LogP contribution in [0.25, 0.3) is 11.3 Å². The largest absolute Gasteiger partial charge is 0.478 e. The smallest absolute Gasteiger partial charge is 0.418 e. The minimum Gasteiger partial charge on any atom is -0.478 e. The van der Waals surface area contributed by atoms with Gasteiger partial charge in [0.1, 0.15) is 5.56 Å². The van der Waals surface area contributed by atoms with Crippen LogP contribution in [-0.4, -0.2) is 26.3 Å². The molecule has 0 aliphatic heterocycles. The lowest BCUT2D eigenvalue weighted by molar-refractivity contribution is -0.137. The third-order valence-electron chi connectivity index (χ3n) is 2.27. The van der Waals surface area contributed by atoms with E-state index in [-0.39, 0.29) is 16.8 Å². The van der Waals surface area contributed by atoms with Crippen molar-refractivity contribution in [2.24, 2.45) is 0 Å². The summed E-state index contributed by atoms with van der Waals surface area (Å²) in [4.78, 5) is 14.3. The number of aromatic nitrogens is 3. The number of hydrogen-bond acceptors (Lipinski definition) is 3. The first-order valence-electron chi connectivity index (χ1n) is 4.69. The van der Waals surface area contributed by atoms with E-state index >= 15 is 0 Å². The summed E-state index contributed by atoms with van der Waals surface area (Å²) in [5.74, 6) is -1.36. The minimum atomic E-state index is -4.62. The van der Waals surface area contributed by atoms with E-state index in [2.05, 4.69) is 15.2 Å². The number of pyridine rings is 1. The summed E-state index contributed by atoms with van der Waals surface area (Å²) in [5, 5.41) is 14.6. The van der Waals surface area contributed by atoms with E-state index in [0.29, 0.717) is 6.20 Å². The Hall–Kier alpha value is -2.38. The van der Waals surface area contributed by atoms with Gasteiger partial charge >= 0.3 is 12.1 Å². The fourth-order valence-electron chi connectivity index (χ4n) is 1.49. The number of nitrogens with zero attached hydrogens (tertiary/aromatic N) is 2. The first kappa shape index (κ1) is 12.1. The van der Waals surface area contributed by atoms with Crippen molar-refractivity contribution in [1.29, 1.82) is 0 Å². The summed E-state index contributed by atoms with van der Waals surface area (Å²) in [6.07, 6.45) is -1.87. The predicted molar refractivity (Wildman–Crippen MR) is 53.8 cm³/mol. The topological polar surface area (TPSA) is 78.9 Å². The van der Waals surface area contributed by atoms with Crippen LogP contribution >= 0.6 is 0 Å². The van der Waals surface area contributed by atoms with Crippen LogP contribution in [0.2, 0.25) is 0 Å². The number of carbonyl (C=O) groups is 1. The Labute approximate surface area is 98.3 Å². The molecular weight excluding hydrogens is 251 g/mol. The van der Waals surface area contributed by atoms with E-state index in [1.165, 1.54) is 0 Å². The third-order valence-corrected chi connectivity index (χ3v) is 2.27. The van der Waals surface area contributed by atoms with Gasteiger partial charge in [-0.05, 0) is 6.07 Å². The van der Waals surface area contributed by atoms with E-state index in [1.807, 2.05) is 0 Å². The lowest BCUT2D eigenvalue weighted by Gasteiger charge is -2.11. The maximum atomic E-state index is 12.8. The summed E-state index contributed by atoms with van der Waals surface area (Å²) in [5.41, 5.74) is -1.84. The number of rotatable bonds is 2. The van der Waals surface area contributed by atoms with Gasteiger partial charge in [0.25, 0.3) is 0 Å². The molecule has 0 atom stereocenters. The number of hydrogen-bond donors (Lipinski definition) is 2. The fourth-order valence-corrected chi connectivity index (χ4v) is 1.49. The second-order valence-electron chi connectivity index (χ2n) is 3.38. The minimum absolute atomic E-state index is 0.197. The van der Waals surface area contributed by atoms with Crippen molar-refractivity contribution in [2.75, 3.05) is 0 Å². The van der Waals surface area contributed by atoms with Crippen LogP contribution in [0.15, 0.2) is 24.7 Å². The molecule has 2 aromatic heterocycles. The van der Waals surface area contributed by atoms with Gasteiger partial charge in [-0.2, -0.15) is 18.3 Å². The molecule has 0 radical (unpaired) electrons. The molecule has 0 bridgehead atoms. The number of nitrogens with one attached hydrogen (secondary N) is 1. The molecule has 2 rings (SSSR count). The molecule has 18 heavy (non-hydrogen) atoms. The molecule has 2 N–H and O–H groups in total. The number of aromatic amines is 1. The molecular formula is C10H6F3N3O2. The Kier molecular flexibility index (Phi) is 2.77. The Bertz CT molecular complexity index is 592. The molecule has 2 heterocycles. The Morgan fingerprint density at radius 3 is 2.67 bits per heavy atom. The van der Waals surface area contributed by atoms with Crippen LogP contribution in [-0.2, 0) is 6.18 Å². The molecule has 2 aromatic rings. The Morgan fingerprint density at radius 1 is 1.33 bits per heavy atom. The highest BCUT2D eigenvalue weighted by molar-refractivity contribution is 5.94. The lowest BCUT2D eigenvalue weighted by atomic mass is 10.0. The van der Waals surface area contributed by atoms with Gasteiger partial charge in [-0.15, -0.1) is 0 Å². The summed E-state index contributed by atoms with van der Waals surface area (Å²) >= 11 is 0. The molecule has 0 saturated heterocycles. The van der Waals surface area contributed by atoms with Crippen LogP contribution in [0.5, 0.6) is 0 Å². The van der Waals surface area contributed by atoms with Crippen LogP contribution < -0.4 is 0 Å². The molecule has 94 valence electrons. The monoisotopic (exact) mass is 257 g/mol. The number of halogens is 3. The molecule has 0 spiro atoms. The van der Waals surface area contributed by atoms with Crippen LogP contribution in [0.3, 0.4) is 0 Å². The second-order valence-corrected chi connectivity index (χ2v) is 3.38. The highest BCUT2D eigenvalue weighted by Gasteiger charge is 2.35. The van der Waals surface area contributed by atoms with Gasteiger partial charge in [-0.1, -0.05) is 0 Å². The third kappa shape index (κ3) is 2.04. The normalized spacial score (nSPS) is 11.5. The maximum absolute atomic E-state index is 12.8. The maximum Gasteiger partial charge on any atom is 0.418 e. The van der Waals surface area contributed by atoms with Gasteiger partial charge in [0.2, 0.25) is 0 Å². The van der Waals surface area contributed by atoms with E-state index in [0.717, 1.165) is 18.5 Å². The molecule has 0 aliphatic carbocycles. The van der Waals surface area contributed by atoms with Crippen LogP contribution in [0.4, 0.5) is 13.2 Å². The van der Waals surface area contributed by atoms with E-state index in [9.17, 15) is 18.0 Å². The molecule has 0 aromatic carbocycles. The number of aromatic carboxylic acids is 1. The highest BCUT2D eigenvalue weighted by atomic mass is 19.4. The van der Waals surface area contributed by atoms with Crippen molar-refractivity contribution in [2.45, 2.75) is 6.18 Å². The lowest BCUT2D eigenvalue weighted by Crippen LogP contribution is -2.09. The summed E-state index contributed by atoms with van der Waals surface area (Å²) in [6.45, 7) is 0. The first-order valence-corrected chi connectivity index (χ1v) is 4.69. The molecule has 0 unspecified atom stereocenters. The van der Waals surface area contributed by atoms with E-state index in [4.69, 9.17) is 5.11 Å². The quantitative estimate of drug-likeness (QED) is 0.864. The first-order chi connectivity index (χ1) is 8.41. The number of H-pyrrole nitrogens is 1. The van der Waals surface area contributed by atoms with Gasteiger partial charge in [-0.3, -0.25) is 10.1 Å². The molecule has 0 fully saturated rings. The van der Waals surface area contributed by atoms with Crippen molar-refractivity contribution in [3.8, 4) is 11.3 Å². The van der Waals surface area contributed by atoms with Crippen molar-refractivity contribution in [3.63, 3.8) is 0 Å². The SMILES string of the molecule is O=C(O)c1cn[nH]c1-c1ccncc1C(F)(F)F. The van der Waals surface area contributed by atoms with Crippen molar-refractivity contribution in [3.05, 3.63) is 35.8 Å². The molecule has 0 aliphatic rings. The number of carboxylic acids is 1. The zero-order chi connectivity index (χ0) is 13.3. The second kappa shape index (κ2) is 4.13. The summed E-state index contributed by atoms with van der Waals surface area (Å²) < 4.78 is 38.3. The van der Waals surface area contributed by atoms with Gasteiger partial charge < -0.3 is 5.11 Å². The molecule has 5 nitrogen and oxygen atoms in total. The zero-order valence-corrected chi connectivity index (χ0v) is 8.69. The van der Waals surface area contributed by atoms with Crippen LogP contribution in [0.1, 0.15) is 15.9 Å². The summed E-state index contributed by atoms with van der Waals surface area (Å²) in [7, 11) is 0. The number of alkyl halides is 3. The highest BCUT2D eigenvalue weighted by Crippen LogP contribution is 2.36. The fraction of sp³-hybridized carbons (Fsp3) is 0.100. The van der Waals surface area contributed by atoms with Gasteiger partial charge in [-0.25, -0.2) is 4.79 Å². The average Bonchev–Trinajstić information content (AvgIpc) is 2.76. The van der Waals surface area contributed by atoms with Crippen molar-refractivity contribution < 1.29 is 23.1 Å². The molecule has 8 heteroatoms. The molecule has 0 saturated carbocycles. The molecule has 0 amide bonds. The Morgan fingerprint density at radius 2 is 2.06 bits per heavy atom. The number of carboxylic acid groups (broad SMARTS) is 1. The summed E-state index contributed by atoms with van der Waals surface area (Å²) in [6, 6.07) is 1.09. The van der Waals surface area contributed by atoms with E-state index in [1.54, 1.807) is 0 Å². The van der Waals surface area contributed by atoms with Crippen molar-refractivity contribution >= 4 is 5.97 Å². The zero-order valence-electron chi connectivity index (χ0n) is 8.69. The van der Waals surface area contributed by atoms with Crippen molar-refractivity contribution in [1.82, 2.24) is 15.2 Å². The Balaban J connectivity index is 2.65. The van der Waals surface area contributed by atoms with E-state index < -0.39 is 17.7 Å². The average molecular weight is 257 g/mol. The van der Waals surface area contributed by atoms with Gasteiger partial charge in [0.05, 0.1) is 17.5 Å². The van der Waals surface area contributed by atoms with Gasteiger partial charge in [0.15, 0.2) is 0 Å². The standard InChI is InChI=1S/C10H6F3N3O2/c11-10(12,13)7-4-14-2-1-5(7)8-6(9(17)18)3-15-16-8/h1-4H,(H,15,16)(H,17,18). The van der Waals surface area contributed by atoms with Gasteiger partial charge in [0, 0.05) is 18.0 Å².